The minimum absolute atomic E-state index is 0.0491. The molecule has 1 amide bonds. The first-order valence-corrected chi connectivity index (χ1v) is 4.93. The summed E-state index contributed by atoms with van der Waals surface area (Å²) in [6, 6.07) is 0. The van der Waals surface area contributed by atoms with E-state index in [4.69, 9.17) is 4.74 Å². The monoisotopic (exact) mass is 198 g/mol. The Kier molecular flexibility index (Phi) is 4.62. The molecule has 1 rings (SSSR count). The van der Waals surface area contributed by atoms with Crippen molar-refractivity contribution in [3.05, 3.63) is 11.6 Å². The predicted octanol–water partition coefficient (Wildman–Crippen LogP) is 0.0572. The van der Waals surface area contributed by atoms with E-state index in [-0.39, 0.29) is 12.0 Å². The second kappa shape index (κ2) is 5.78. The third-order valence-electron chi connectivity index (χ3n) is 2.37. The zero-order valence-electron chi connectivity index (χ0n) is 8.80. The summed E-state index contributed by atoms with van der Waals surface area (Å²) in [5.41, 5.74) is 1.29. The first-order chi connectivity index (χ1) is 6.74. The molecule has 14 heavy (non-hydrogen) atoms. The second-order valence-corrected chi connectivity index (χ2v) is 3.41. The van der Waals surface area contributed by atoms with Crippen molar-refractivity contribution < 1.29 is 9.53 Å². The Labute approximate surface area is 84.7 Å². The van der Waals surface area contributed by atoms with Gasteiger partial charge in [0.25, 0.3) is 0 Å². The van der Waals surface area contributed by atoms with Crippen molar-refractivity contribution in [3.63, 3.8) is 0 Å². The molecule has 4 heteroatoms. The van der Waals surface area contributed by atoms with Gasteiger partial charge in [-0.05, 0) is 19.9 Å². The Morgan fingerprint density at radius 1 is 1.79 bits per heavy atom. The fraction of sp³-hybridized carbons (Fsp3) is 0.700. The summed E-state index contributed by atoms with van der Waals surface area (Å²) in [4.78, 5) is 11.3. The standard InChI is InChI=1S/C10H18N2O2/c1-8(14-2)10(13)12-7-9-3-5-11-6-4-9/h3,8,11H,4-7H2,1-2H3,(H,12,13). The van der Waals surface area contributed by atoms with Gasteiger partial charge in [-0.2, -0.15) is 0 Å². The van der Waals surface area contributed by atoms with Crippen LogP contribution in [0.25, 0.3) is 0 Å². The Bertz CT molecular complexity index is 226. The number of methoxy groups -OCH3 is 1. The summed E-state index contributed by atoms with van der Waals surface area (Å²) in [5, 5.41) is 6.07. The minimum Gasteiger partial charge on any atom is -0.372 e. The first kappa shape index (κ1) is 11.2. The maximum absolute atomic E-state index is 11.3. The van der Waals surface area contributed by atoms with Crippen molar-refractivity contribution in [2.24, 2.45) is 0 Å². The molecule has 2 N–H and O–H groups in total. The number of amides is 1. The summed E-state index contributed by atoms with van der Waals surface area (Å²) in [5.74, 6) is -0.0491. The number of carbonyl (C=O) groups excluding carboxylic acids is 1. The van der Waals surface area contributed by atoms with Gasteiger partial charge < -0.3 is 15.4 Å². The Morgan fingerprint density at radius 3 is 3.14 bits per heavy atom. The van der Waals surface area contributed by atoms with Crippen molar-refractivity contribution in [2.75, 3.05) is 26.7 Å². The Balaban J connectivity index is 2.25. The van der Waals surface area contributed by atoms with Gasteiger partial charge in [-0.3, -0.25) is 4.79 Å². The van der Waals surface area contributed by atoms with Crippen LogP contribution in [0.3, 0.4) is 0 Å². The molecule has 1 heterocycles. The van der Waals surface area contributed by atoms with Crippen LogP contribution in [0.1, 0.15) is 13.3 Å². The van der Waals surface area contributed by atoms with E-state index >= 15 is 0 Å². The maximum Gasteiger partial charge on any atom is 0.249 e. The molecule has 0 saturated carbocycles. The fourth-order valence-electron chi connectivity index (χ4n) is 1.28. The predicted molar refractivity (Wildman–Crippen MR) is 55.1 cm³/mol. The molecule has 0 radical (unpaired) electrons. The van der Waals surface area contributed by atoms with Crippen LogP contribution in [-0.4, -0.2) is 38.8 Å². The normalized spacial score (nSPS) is 18.6. The van der Waals surface area contributed by atoms with Gasteiger partial charge in [-0.1, -0.05) is 11.6 Å². The van der Waals surface area contributed by atoms with Crippen molar-refractivity contribution in [1.82, 2.24) is 10.6 Å². The van der Waals surface area contributed by atoms with Gasteiger partial charge in [0, 0.05) is 20.2 Å². The lowest BCUT2D eigenvalue weighted by Gasteiger charge is -2.16. The molecule has 1 atom stereocenters. The minimum atomic E-state index is -0.364. The van der Waals surface area contributed by atoms with E-state index in [1.165, 1.54) is 12.7 Å². The van der Waals surface area contributed by atoms with Crippen LogP contribution in [-0.2, 0) is 9.53 Å². The molecule has 0 aliphatic carbocycles. The first-order valence-electron chi connectivity index (χ1n) is 4.93. The number of rotatable bonds is 4. The van der Waals surface area contributed by atoms with Crippen LogP contribution >= 0.6 is 0 Å². The SMILES string of the molecule is COC(C)C(=O)NCC1=CCNCC1. The van der Waals surface area contributed by atoms with E-state index in [0.717, 1.165) is 19.5 Å². The van der Waals surface area contributed by atoms with Gasteiger partial charge in [0.15, 0.2) is 0 Å². The molecule has 0 aromatic rings. The quantitative estimate of drug-likeness (QED) is 0.628. The lowest BCUT2D eigenvalue weighted by Crippen LogP contribution is -2.36. The van der Waals surface area contributed by atoms with Crippen LogP contribution in [0.4, 0.5) is 0 Å². The average Bonchev–Trinajstić information content (AvgIpc) is 2.26. The molecule has 0 saturated heterocycles. The number of nitrogens with one attached hydrogen (secondary N) is 2. The van der Waals surface area contributed by atoms with Gasteiger partial charge in [0.05, 0.1) is 0 Å². The van der Waals surface area contributed by atoms with Gasteiger partial charge in [0.1, 0.15) is 6.10 Å². The lowest BCUT2D eigenvalue weighted by atomic mass is 10.1. The van der Waals surface area contributed by atoms with Crippen molar-refractivity contribution in [1.29, 1.82) is 0 Å². The third-order valence-corrected chi connectivity index (χ3v) is 2.37. The van der Waals surface area contributed by atoms with Crippen molar-refractivity contribution in [2.45, 2.75) is 19.4 Å². The molecule has 1 unspecified atom stereocenters. The molecule has 80 valence electrons. The summed E-state index contributed by atoms with van der Waals surface area (Å²) in [6.07, 6.45) is 2.78. The molecule has 0 aromatic carbocycles. The van der Waals surface area contributed by atoms with E-state index in [9.17, 15) is 4.79 Å². The lowest BCUT2D eigenvalue weighted by molar-refractivity contribution is -0.129. The van der Waals surface area contributed by atoms with Crippen LogP contribution in [0, 0.1) is 0 Å². The van der Waals surface area contributed by atoms with E-state index in [1.54, 1.807) is 6.92 Å². The zero-order chi connectivity index (χ0) is 10.4. The van der Waals surface area contributed by atoms with Gasteiger partial charge >= 0.3 is 0 Å². The van der Waals surface area contributed by atoms with Crippen molar-refractivity contribution in [3.8, 4) is 0 Å². The van der Waals surface area contributed by atoms with Crippen LogP contribution in [0.5, 0.6) is 0 Å². The number of ether oxygens (including phenoxy) is 1. The Morgan fingerprint density at radius 2 is 2.57 bits per heavy atom. The van der Waals surface area contributed by atoms with E-state index in [1.807, 2.05) is 0 Å². The van der Waals surface area contributed by atoms with E-state index in [0.29, 0.717) is 6.54 Å². The highest BCUT2D eigenvalue weighted by molar-refractivity contribution is 5.80. The average molecular weight is 198 g/mol. The largest absolute Gasteiger partial charge is 0.372 e. The summed E-state index contributed by atoms with van der Waals surface area (Å²) in [7, 11) is 1.54. The van der Waals surface area contributed by atoms with Gasteiger partial charge in [-0.25, -0.2) is 0 Å². The van der Waals surface area contributed by atoms with E-state index in [2.05, 4.69) is 16.7 Å². The fourth-order valence-corrected chi connectivity index (χ4v) is 1.28. The summed E-state index contributed by atoms with van der Waals surface area (Å²) in [6.45, 7) is 4.30. The third kappa shape index (κ3) is 3.47. The molecule has 1 aliphatic rings. The molecular weight excluding hydrogens is 180 g/mol. The molecule has 0 aromatic heterocycles. The zero-order valence-corrected chi connectivity index (χ0v) is 8.80. The molecular formula is C10H18N2O2. The highest BCUT2D eigenvalue weighted by atomic mass is 16.5. The van der Waals surface area contributed by atoms with Crippen LogP contribution in [0.15, 0.2) is 11.6 Å². The molecule has 0 fully saturated rings. The maximum atomic E-state index is 11.3. The molecule has 0 spiro atoms. The molecule has 1 aliphatic heterocycles. The number of carbonyl (C=O) groups is 1. The Hall–Kier alpha value is -0.870. The smallest absolute Gasteiger partial charge is 0.249 e. The highest BCUT2D eigenvalue weighted by Gasteiger charge is 2.11. The molecule has 4 nitrogen and oxygen atoms in total. The topological polar surface area (TPSA) is 50.4 Å². The highest BCUT2D eigenvalue weighted by Crippen LogP contribution is 2.02. The van der Waals surface area contributed by atoms with E-state index < -0.39 is 0 Å². The molecule has 0 bridgehead atoms. The van der Waals surface area contributed by atoms with Crippen molar-refractivity contribution >= 4 is 5.91 Å². The number of hydrogen-bond acceptors (Lipinski definition) is 3. The van der Waals surface area contributed by atoms with Crippen LogP contribution in [0.2, 0.25) is 0 Å². The van der Waals surface area contributed by atoms with Gasteiger partial charge in [-0.15, -0.1) is 0 Å². The van der Waals surface area contributed by atoms with Crippen LogP contribution < -0.4 is 10.6 Å². The summed E-state index contributed by atoms with van der Waals surface area (Å²) < 4.78 is 4.91. The van der Waals surface area contributed by atoms with Gasteiger partial charge in [0.2, 0.25) is 5.91 Å². The summed E-state index contributed by atoms with van der Waals surface area (Å²) >= 11 is 0. The number of hydrogen-bond donors (Lipinski definition) is 2. The second-order valence-electron chi connectivity index (χ2n) is 3.41.